The van der Waals surface area contributed by atoms with Gasteiger partial charge in [0.05, 0.1) is 0 Å². The Morgan fingerprint density at radius 3 is 1.87 bits per heavy atom. The summed E-state index contributed by atoms with van der Waals surface area (Å²) in [6.45, 7) is 8.87. The Labute approximate surface area is 191 Å². The van der Waals surface area contributed by atoms with Gasteiger partial charge in [0.15, 0.2) is 0 Å². The molecule has 160 valence electrons. The van der Waals surface area contributed by atoms with Crippen molar-refractivity contribution < 1.29 is 9.47 Å². The van der Waals surface area contributed by atoms with Gasteiger partial charge in [-0.1, -0.05) is 0 Å². The van der Waals surface area contributed by atoms with E-state index in [0.717, 1.165) is 0 Å². The first-order valence-electron chi connectivity index (χ1n) is 10.4. The molecule has 0 aliphatic heterocycles. The fourth-order valence-corrected chi connectivity index (χ4v) is 8.37. The Hall–Kier alpha value is -1.42. The fourth-order valence-electron chi connectivity index (χ4n) is 3.81. The first-order chi connectivity index (χ1) is 14.5. The van der Waals surface area contributed by atoms with Crippen molar-refractivity contribution in [3.05, 3.63) is 87.1 Å². The summed E-state index contributed by atoms with van der Waals surface area (Å²) in [6.07, 6.45) is 0.134. The van der Waals surface area contributed by atoms with E-state index in [1.165, 1.54) is 30.9 Å². The summed E-state index contributed by atoms with van der Waals surface area (Å²) in [4.78, 5) is 3.31. The van der Waals surface area contributed by atoms with Crippen molar-refractivity contribution in [3.63, 3.8) is 0 Å². The molecule has 0 aliphatic carbocycles. The summed E-state index contributed by atoms with van der Waals surface area (Å²) >= 11 is 2.17. The molecule has 3 aromatic rings. The van der Waals surface area contributed by atoms with Crippen molar-refractivity contribution >= 4 is 30.8 Å². The molecule has 1 heterocycles. The maximum absolute atomic E-state index is 5.73. The summed E-state index contributed by atoms with van der Waals surface area (Å²) in [5.41, 5.74) is 3.98. The van der Waals surface area contributed by atoms with Crippen molar-refractivity contribution in [3.8, 4) is 0 Å². The van der Waals surface area contributed by atoms with Crippen molar-refractivity contribution in [2.75, 3.05) is 14.2 Å². The Bertz CT molecular complexity index is 909. The van der Waals surface area contributed by atoms with Crippen molar-refractivity contribution in [2.45, 2.75) is 50.6 Å². The van der Waals surface area contributed by atoms with Gasteiger partial charge in [0, 0.05) is 0 Å². The molecule has 0 N–H and O–H groups in total. The third-order valence-corrected chi connectivity index (χ3v) is 9.58. The zero-order valence-electron chi connectivity index (χ0n) is 18.7. The number of thiophene rings is 1. The van der Waals surface area contributed by atoms with Crippen molar-refractivity contribution in [1.29, 1.82) is 0 Å². The Kier molecular flexibility index (Phi) is 8.33. The van der Waals surface area contributed by atoms with E-state index in [-0.39, 0.29) is 27.2 Å². The minimum atomic E-state index is 0.0669. The maximum atomic E-state index is 5.73. The molecular weight excluding hydrogens is 455 g/mol. The van der Waals surface area contributed by atoms with E-state index in [1.807, 2.05) is 11.3 Å². The fraction of sp³-hybridized carbons (Fsp3) is 0.385. The van der Waals surface area contributed by atoms with E-state index in [2.05, 4.69) is 88.4 Å². The Morgan fingerprint density at radius 1 is 0.767 bits per heavy atom. The minimum absolute atomic E-state index is 0.0669. The summed E-state index contributed by atoms with van der Waals surface area (Å²) in [6, 6.07) is 22.1. The molecule has 2 nitrogen and oxygen atoms in total. The van der Waals surface area contributed by atoms with Gasteiger partial charge in [-0.2, -0.15) is 0 Å². The third kappa shape index (κ3) is 5.25. The van der Waals surface area contributed by atoms with Gasteiger partial charge >= 0.3 is 192 Å². The van der Waals surface area contributed by atoms with Crippen LogP contribution >= 0.6 is 11.3 Å². The SMILES string of the molecule is CO[C@H](C)c1cccc([C@@H](C)OC)c1[Se][C@H](C)[C@H](c1ccccc1)c1ccc(C)s1. The second-order valence-electron chi connectivity index (χ2n) is 7.68. The van der Waals surface area contributed by atoms with Crippen molar-refractivity contribution in [1.82, 2.24) is 0 Å². The first kappa shape index (κ1) is 23.2. The Morgan fingerprint density at radius 2 is 1.37 bits per heavy atom. The summed E-state index contributed by atoms with van der Waals surface area (Å²) in [5.74, 6) is 0.390. The predicted octanol–water partition coefficient (Wildman–Crippen LogP) is 6.44. The quantitative estimate of drug-likeness (QED) is 0.323. The van der Waals surface area contributed by atoms with Gasteiger partial charge in [0.25, 0.3) is 0 Å². The van der Waals surface area contributed by atoms with Crippen LogP contribution < -0.4 is 4.46 Å². The normalized spacial score (nSPS) is 15.5. The number of benzene rings is 2. The summed E-state index contributed by atoms with van der Waals surface area (Å²) < 4.78 is 12.9. The van der Waals surface area contributed by atoms with E-state index in [9.17, 15) is 0 Å². The van der Waals surface area contributed by atoms with Crippen LogP contribution in [-0.2, 0) is 9.47 Å². The van der Waals surface area contributed by atoms with Crippen LogP contribution in [0.2, 0.25) is 4.82 Å². The molecule has 4 heteroatoms. The number of rotatable bonds is 9. The molecule has 3 rings (SSSR count). The number of methoxy groups -OCH3 is 2. The van der Waals surface area contributed by atoms with E-state index in [0.29, 0.717) is 10.7 Å². The van der Waals surface area contributed by atoms with E-state index in [4.69, 9.17) is 9.47 Å². The molecule has 0 radical (unpaired) electrons. The van der Waals surface area contributed by atoms with Crippen LogP contribution in [0.4, 0.5) is 0 Å². The van der Waals surface area contributed by atoms with Crippen LogP contribution in [0.5, 0.6) is 0 Å². The molecule has 0 aliphatic rings. The average Bonchev–Trinajstić information content (AvgIpc) is 3.19. The second-order valence-corrected chi connectivity index (χ2v) is 11.9. The van der Waals surface area contributed by atoms with Gasteiger partial charge in [0.1, 0.15) is 0 Å². The number of aryl methyl sites for hydroxylation is 1. The topological polar surface area (TPSA) is 18.5 Å². The molecule has 0 saturated carbocycles. The first-order valence-corrected chi connectivity index (χ1v) is 13.1. The Balaban J connectivity index is 2.04. The van der Waals surface area contributed by atoms with Gasteiger partial charge in [0.2, 0.25) is 0 Å². The zero-order chi connectivity index (χ0) is 21.7. The van der Waals surface area contributed by atoms with Crippen LogP contribution in [-0.4, -0.2) is 29.2 Å². The number of ether oxygens (including phenoxy) is 2. The van der Waals surface area contributed by atoms with Crippen LogP contribution in [0.1, 0.15) is 65.3 Å². The van der Waals surface area contributed by atoms with Gasteiger partial charge < -0.3 is 0 Å². The van der Waals surface area contributed by atoms with Gasteiger partial charge in [-0.25, -0.2) is 0 Å². The molecule has 2 aromatic carbocycles. The van der Waals surface area contributed by atoms with E-state index in [1.54, 1.807) is 14.2 Å². The molecule has 0 saturated heterocycles. The molecule has 0 amide bonds. The van der Waals surface area contributed by atoms with Gasteiger partial charge in [-0.05, 0) is 0 Å². The molecule has 4 atom stereocenters. The summed E-state index contributed by atoms with van der Waals surface area (Å²) in [5, 5.41) is 0. The number of hydrogen-bond acceptors (Lipinski definition) is 3. The average molecular weight is 488 g/mol. The van der Waals surface area contributed by atoms with E-state index < -0.39 is 0 Å². The monoisotopic (exact) mass is 488 g/mol. The number of hydrogen-bond donors (Lipinski definition) is 0. The van der Waals surface area contributed by atoms with Crippen LogP contribution in [0.3, 0.4) is 0 Å². The van der Waals surface area contributed by atoms with Crippen LogP contribution in [0, 0.1) is 6.92 Å². The second kappa shape index (κ2) is 10.7. The molecular formula is C26H32O2SSe. The van der Waals surface area contributed by atoms with Gasteiger partial charge in [-0.15, -0.1) is 0 Å². The standard InChI is InChI=1S/C26H32O2SSe/c1-17-15-16-24(29-17)25(21-11-8-7-9-12-21)20(4)30-26-22(18(2)27-5)13-10-14-23(26)19(3)28-6/h7-16,18-20,25H,1-6H3/t18-,19-,20-,25-/m1/s1. The predicted molar refractivity (Wildman–Crippen MR) is 129 cm³/mol. The van der Waals surface area contributed by atoms with Crippen molar-refractivity contribution in [2.24, 2.45) is 0 Å². The third-order valence-electron chi connectivity index (χ3n) is 5.66. The van der Waals surface area contributed by atoms with Gasteiger partial charge in [-0.3, -0.25) is 0 Å². The summed E-state index contributed by atoms with van der Waals surface area (Å²) in [7, 11) is 3.58. The van der Waals surface area contributed by atoms with E-state index >= 15 is 0 Å². The molecule has 0 spiro atoms. The molecule has 1 aromatic heterocycles. The molecule has 30 heavy (non-hydrogen) atoms. The molecule has 0 bridgehead atoms. The molecule has 0 fully saturated rings. The molecule has 0 unspecified atom stereocenters. The zero-order valence-corrected chi connectivity index (χ0v) is 21.2. The van der Waals surface area contributed by atoms with Crippen LogP contribution in [0.15, 0.2) is 60.7 Å². The van der Waals surface area contributed by atoms with Crippen LogP contribution in [0.25, 0.3) is 0 Å².